The zero-order valence-corrected chi connectivity index (χ0v) is 20.3. The van der Waals surface area contributed by atoms with Crippen molar-refractivity contribution in [3.8, 4) is 11.3 Å². The van der Waals surface area contributed by atoms with E-state index in [1.54, 1.807) is 18.6 Å². The van der Waals surface area contributed by atoms with Gasteiger partial charge in [0.1, 0.15) is 11.6 Å². The van der Waals surface area contributed by atoms with Gasteiger partial charge in [0.15, 0.2) is 5.67 Å². The maximum atomic E-state index is 14.9. The summed E-state index contributed by atoms with van der Waals surface area (Å²) < 4.78 is 34.6. The van der Waals surface area contributed by atoms with Crippen LogP contribution in [-0.2, 0) is 23.6 Å². The summed E-state index contributed by atoms with van der Waals surface area (Å²) in [7, 11) is 0. The minimum atomic E-state index is -1.86. The van der Waals surface area contributed by atoms with Crippen molar-refractivity contribution in [3.63, 3.8) is 0 Å². The molecule has 9 heteroatoms. The summed E-state index contributed by atoms with van der Waals surface area (Å²) in [5.41, 5.74) is 0.873. The number of halogens is 2. The summed E-state index contributed by atoms with van der Waals surface area (Å²) in [5, 5.41) is 4.67. The first-order valence-electron chi connectivity index (χ1n) is 12.2. The fourth-order valence-electron chi connectivity index (χ4n) is 4.71. The molecule has 2 aromatic heterocycles. The van der Waals surface area contributed by atoms with Crippen LogP contribution in [0.5, 0.6) is 0 Å². The highest BCUT2D eigenvalue weighted by Crippen LogP contribution is 2.35. The van der Waals surface area contributed by atoms with Crippen molar-refractivity contribution in [2.75, 3.05) is 24.6 Å². The Labute approximate surface area is 212 Å². The summed E-state index contributed by atoms with van der Waals surface area (Å²) in [6, 6.07) is 10.4. The molecule has 2 aliphatic rings. The van der Waals surface area contributed by atoms with E-state index in [1.165, 1.54) is 19.4 Å². The second-order valence-corrected chi connectivity index (χ2v) is 9.70. The third kappa shape index (κ3) is 4.51. The molecule has 4 aromatic rings. The van der Waals surface area contributed by atoms with Gasteiger partial charge in [-0.05, 0) is 43.0 Å². The highest BCUT2D eigenvalue weighted by molar-refractivity contribution is 5.94. The summed E-state index contributed by atoms with van der Waals surface area (Å²) in [6.07, 6.45) is 6.44. The summed E-state index contributed by atoms with van der Waals surface area (Å²) >= 11 is 0. The molecule has 0 radical (unpaired) electrons. The Bertz CT molecular complexity index is 1520. The molecule has 0 unspecified atom stereocenters. The molecule has 37 heavy (non-hydrogen) atoms. The predicted octanol–water partition coefficient (Wildman–Crippen LogP) is 4.69. The molecule has 1 atom stereocenters. The number of hydrogen-bond acceptors (Lipinski definition) is 6. The molecule has 1 fully saturated rings. The minimum Gasteiger partial charge on any atom is -0.373 e. The first-order chi connectivity index (χ1) is 17.9. The van der Waals surface area contributed by atoms with Gasteiger partial charge in [0, 0.05) is 46.9 Å². The van der Waals surface area contributed by atoms with Crippen molar-refractivity contribution in [1.29, 1.82) is 0 Å². The van der Waals surface area contributed by atoms with Crippen molar-refractivity contribution in [1.82, 2.24) is 20.3 Å². The largest absolute Gasteiger partial charge is 0.373 e. The molecular weight excluding hydrogens is 476 g/mol. The van der Waals surface area contributed by atoms with Crippen LogP contribution in [0.3, 0.4) is 0 Å². The van der Waals surface area contributed by atoms with Gasteiger partial charge in [-0.15, -0.1) is 0 Å². The molecule has 1 N–H and O–H groups in total. The first kappa shape index (κ1) is 23.4. The Balaban J connectivity index is 1.21. The van der Waals surface area contributed by atoms with Crippen LogP contribution in [0.4, 0.5) is 14.6 Å². The van der Waals surface area contributed by atoms with Gasteiger partial charge in [-0.1, -0.05) is 12.1 Å². The predicted molar refractivity (Wildman–Crippen MR) is 135 cm³/mol. The van der Waals surface area contributed by atoms with Gasteiger partial charge in [-0.3, -0.25) is 14.8 Å². The Morgan fingerprint density at radius 2 is 2.00 bits per heavy atom. The van der Waals surface area contributed by atoms with Crippen LogP contribution < -0.4 is 10.2 Å². The number of pyridine rings is 1. The van der Waals surface area contributed by atoms with Gasteiger partial charge < -0.3 is 15.0 Å². The summed E-state index contributed by atoms with van der Waals surface area (Å²) in [5.74, 6) is -0.275. The van der Waals surface area contributed by atoms with E-state index in [4.69, 9.17) is 9.72 Å². The second-order valence-electron chi connectivity index (χ2n) is 9.70. The molecule has 1 amide bonds. The van der Waals surface area contributed by atoms with Crippen LogP contribution in [0, 0.1) is 5.82 Å². The monoisotopic (exact) mass is 501 g/mol. The van der Waals surface area contributed by atoms with Crippen LogP contribution in [0.25, 0.3) is 22.0 Å². The van der Waals surface area contributed by atoms with Crippen LogP contribution in [0.15, 0.2) is 55.0 Å². The molecule has 2 aliphatic heterocycles. The maximum Gasteiger partial charge on any atom is 0.251 e. The lowest BCUT2D eigenvalue weighted by molar-refractivity contribution is -0.00647. The standard InChI is InChI=1S/C28H25F2N5O2/c1-28(30)16-37-15-22-23(28)9-20(10-24(22)29)27(36)33-12-21-8-19-7-17(3-4-18(19)11-32-21)25-13-31-14-26(34-25)35-5-2-6-35/h3-4,7-11,13-14H,2,5-6,12,15-16H2,1H3,(H,33,36)/t28-/m1/s1. The number of benzene rings is 2. The molecule has 0 spiro atoms. The molecular formula is C28H25F2N5O2. The lowest BCUT2D eigenvalue weighted by Crippen LogP contribution is -2.37. The number of alkyl halides is 1. The SMILES string of the molecule is C[C@@]1(F)COCc2c(F)cc(C(=O)NCc3cc4cc(-c5cncc(N6CCC6)n5)ccc4cn3)cc21. The minimum absolute atomic E-state index is 0.0142. The number of rotatable bonds is 5. The molecule has 188 valence electrons. The number of ether oxygens (including phenoxy) is 1. The first-order valence-corrected chi connectivity index (χ1v) is 12.2. The van der Waals surface area contributed by atoms with Crippen molar-refractivity contribution >= 4 is 22.5 Å². The molecule has 2 aromatic carbocycles. The second kappa shape index (κ2) is 9.15. The number of carbonyl (C=O) groups is 1. The third-order valence-corrected chi connectivity index (χ3v) is 6.94. The van der Waals surface area contributed by atoms with E-state index in [0.717, 1.165) is 47.0 Å². The van der Waals surface area contributed by atoms with E-state index < -0.39 is 17.4 Å². The van der Waals surface area contributed by atoms with Gasteiger partial charge in [-0.2, -0.15) is 0 Å². The molecule has 6 rings (SSSR count). The van der Waals surface area contributed by atoms with Crippen LogP contribution >= 0.6 is 0 Å². The lowest BCUT2D eigenvalue weighted by Gasteiger charge is -2.31. The highest BCUT2D eigenvalue weighted by Gasteiger charge is 2.35. The van der Waals surface area contributed by atoms with Gasteiger partial charge in [0.2, 0.25) is 0 Å². The van der Waals surface area contributed by atoms with E-state index in [-0.39, 0.29) is 36.4 Å². The fourth-order valence-corrected chi connectivity index (χ4v) is 4.71. The molecule has 0 saturated carbocycles. The molecule has 0 bridgehead atoms. The number of amides is 1. The highest BCUT2D eigenvalue weighted by atomic mass is 19.1. The van der Waals surface area contributed by atoms with Gasteiger partial charge >= 0.3 is 0 Å². The molecule has 0 aliphatic carbocycles. The van der Waals surface area contributed by atoms with Crippen molar-refractivity contribution in [2.24, 2.45) is 0 Å². The number of aromatic nitrogens is 3. The van der Waals surface area contributed by atoms with E-state index in [1.807, 2.05) is 24.3 Å². The Morgan fingerprint density at radius 3 is 2.81 bits per heavy atom. The number of anilines is 1. The maximum absolute atomic E-state index is 14.9. The number of fused-ring (bicyclic) bond motifs is 2. The summed E-state index contributed by atoms with van der Waals surface area (Å²) in [4.78, 5) is 28.6. The van der Waals surface area contributed by atoms with E-state index in [2.05, 4.69) is 20.2 Å². The number of hydrogen-bond donors (Lipinski definition) is 1. The van der Waals surface area contributed by atoms with E-state index in [9.17, 15) is 13.6 Å². The van der Waals surface area contributed by atoms with Crippen molar-refractivity contribution in [3.05, 3.63) is 83.2 Å². The molecule has 1 saturated heterocycles. The molecule has 4 heterocycles. The zero-order valence-electron chi connectivity index (χ0n) is 20.3. The van der Waals surface area contributed by atoms with Gasteiger partial charge in [0.25, 0.3) is 5.91 Å². The topological polar surface area (TPSA) is 80.2 Å². The normalized spacial score (nSPS) is 18.8. The van der Waals surface area contributed by atoms with Crippen molar-refractivity contribution < 1.29 is 18.3 Å². The lowest BCUT2D eigenvalue weighted by atomic mass is 9.89. The average molecular weight is 502 g/mol. The molecule has 7 nitrogen and oxygen atoms in total. The van der Waals surface area contributed by atoms with Crippen LogP contribution in [0.1, 0.15) is 40.5 Å². The number of nitrogens with one attached hydrogen (secondary N) is 1. The Morgan fingerprint density at radius 1 is 1.14 bits per heavy atom. The van der Waals surface area contributed by atoms with E-state index in [0.29, 0.717) is 5.69 Å². The van der Waals surface area contributed by atoms with Gasteiger partial charge in [-0.25, -0.2) is 13.8 Å². The van der Waals surface area contributed by atoms with Crippen LogP contribution in [-0.4, -0.2) is 40.6 Å². The fraction of sp³-hybridized carbons (Fsp3) is 0.286. The number of nitrogens with zero attached hydrogens (tertiary/aromatic N) is 4. The quantitative estimate of drug-likeness (QED) is 0.428. The average Bonchev–Trinajstić information content (AvgIpc) is 2.86. The number of carbonyl (C=O) groups excluding carboxylic acids is 1. The summed E-state index contributed by atoms with van der Waals surface area (Å²) in [6.45, 7) is 3.26. The van der Waals surface area contributed by atoms with Gasteiger partial charge in [0.05, 0.1) is 43.5 Å². The smallest absolute Gasteiger partial charge is 0.251 e. The van der Waals surface area contributed by atoms with Crippen molar-refractivity contribution in [2.45, 2.75) is 32.2 Å². The van der Waals surface area contributed by atoms with E-state index >= 15 is 0 Å². The van der Waals surface area contributed by atoms with Crippen LogP contribution in [0.2, 0.25) is 0 Å². The third-order valence-electron chi connectivity index (χ3n) is 6.94. The Hall–Kier alpha value is -3.98. The Kier molecular flexibility index (Phi) is 5.79. The zero-order chi connectivity index (χ0) is 25.6.